The number of benzene rings is 3. The Morgan fingerprint density at radius 3 is 2.02 bits per heavy atom. The van der Waals surface area contributed by atoms with Crippen molar-refractivity contribution in [2.75, 3.05) is 13.1 Å². The second kappa shape index (κ2) is 13.2. The van der Waals surface area contributed by atoms with Gasteiger partial charge in [-0.15, -0.1) is 0 Å². The molecule has 5 heteroatoms. The van der Waals surface area contributed by atoms with Crippen molar-refractivity contribution in [1.29, 1.82) is 0 Å². The summed E-state index contributed by atoms with van der Waals surface area (Å²) in [7, 11) is 0. The molecule has 0 aliphatic carbocycles. The summed E-state index contributed by atoms with van der Waals surface area (Å²) in [4.78, 5) is 33.5. The van der Waals surface area contributed by atoms with Crippen LogP contribution in [0.4, 0.5) is 0 Å². The molecule has 0 bridgehead atoms. The van der Waals surface area contributed by atoms with Crippen molar-refractivity contribution < 1.29 is 9.59 Å². The van der Waals surface area contributed by atoms with E-state index in [0.29, 0.717) is 37.2 Å². The van der Waals surface area contributed by atoms with Gasteiger partial charge < -0.3 is 10.2 Å². The average molecular weight is 534 g/mol. The highest BCUT2D eigenvalue weighted by Gasteiger charge is 2.22. The number of hydrogen-bond acceptors (Lipinski definition) is 3. The van der Waals surface area contributed by atoms with E-state index in [-0.39, 0.29) is 17.2 Å². The van der Waals surface area contributed by atoms with Crippen LogP contribution in [-0.2, 0) is 18.4 Å². The molecule has 1 N–H and O–H groups in total. The minimum atomic E-state index is -0.168. The van der Waals surface area contributed by atoms with E-state index >= 15 is 0 Å². The molecule has 4 rings (SSSR count). The number of rotatable bonds is 10. The van der Waals surface area contributed by atoms with Crippen molar-refractivity contribution in [3.8, 4) is 11.1 Å². The summed E-state index contributed by atoms with van der Waals surface area (Å²) in [5.41, 5.74) is 5.97. The molecular formula is C35H39N3O2. The molecule has 1 aromatic heterocycles. The van der Waals surface area contributed by atoms with Gasteiger partial charge in [0.25, 0.3) is 11.8 Å². The van der Waals surface area contributed by atoms with Crippen LogP contribution in [0.2, 0.25) is 0 Å². The van der Waals surface area contributed by atoms with E-state index in [2.05, 4.69) is 62.3 Å². The monoisotopic (exact) mass is 533 g/mol. The van der Waals surface area contributed by atoms with Crippen molar-refractivity contribution in [3.05, 3.63) is 125 Å². The fraction of sp³-hybridized carbons (Fsp3) is 0.286. The van der Waals surface area contributed by atoms with E-state index in [1.807, 2.05) is 71.6 Å². The van der Waals surface area contributed by atoms with Gasteiger partial charge in [0.2, 0.25) is 0 Å². The summed E-state index contributed by atoms with van der Waals surface area (Å²) in [6, 6.07) is 29.3. The molecule has 5 nitrogen and oxygen atoms in total. The number of pyridine rings is 1. The SMILES string of the molecule is CCCN(CCc1ccccn1)C(=O)c1ccccc1-c1ccccc1C(=O)NCc1ccc(C(C)(C)C)cc1. The molecule has 206 valence electrons. The molecule has 2 amide bonds. The Balaban J connectivity index is 1.55. The third-order valence-electron chi connectivity index (χ3n) is 7.04. The zero-order chi connectivity index (χ0) is 28.5. The van der Waals surface area contributed by atoms with Crippen LogP contribution in [0.1, 0.15) is 71.7 Å². The Kier molecular flexibility index (Phi) is 9.49. The van der Waals surface area contributed by atoms with Crippen LogP contribution in [0.15, 0.2) is 97.2 Å². The van der Waals surface area contributed by atoms with Gasteiger partial charge in [0.15, 0.2) is 0 Å². The predicted octanol–water partition coefficient (Wildman–Crippen LogP) is 7.07. The molecule has 0 saturated heterocycles. The first-order valence-corrected chi connectivity index (χ1v) is 14.0. The Bertz CT molecular complexity index is 1420. The number of carbonyl (C=O) groups is 2. The van der Waals surface area contributed by atoms with Gasteiger partial charge in [-0.05, 0) is 58.4 Å². The number of hydrogen-bond donors (Lipinski definition) is 1. The van der Waals surface area contributed by atoms with E-state index in [1.54, 1.807) is 6.20 Å². The quantitative estimate of drug-likeness (QED) is 0.237. The fourth-order valence-electron chi connectivity index (χ4n) is 4.77. The van der Waals surface area contributed by atoms with Crippen molar-refractivity contribution in [2.45, 2.75) is 52.5 Å². The second-order valence-electron chi connectivity index (χ2n) is 11.1. The Morgan fingerprint density at radius 1 is 0.775 bits per heavy atom. The van der Waals surface area contributed by atoms with Gasteiger partial charge in [0, 0.05) is 49.1 Å². The van der Waals surface area contributed by atoms with Crippen LogP contribution in [0, 0.1) is 0 Å². The maximum absolute atomic E-state index is 13.8. The first-order chi connectivity index (χ1) is 19.3. The van der Waals surface area contributed by atoms with E-state index in [1.165, 1.54) is 5.56 Å². The Morgan fingerprint density at radius 2 is 1.40 bits per heavy atom. The Hall–Kier alpha value is -4.25. The van der Waals surface area contributed by atoms with E-state index in [0.717, 1.165) is 28.8 Å². The second-order valence-corrected chi connectivity index (χ2v) is 11.1. The lowest BCUT2D eigenvalue weighted by Gasteiger charge is -2.24. The molecule has 0 fully saturated rings. The maximum atomic E-state index is 13.8. The lowest BCUT2D eigenvalue weighted by Crippen LogP contribution is -2.34. The van der Waals surface area contributed by atoms with Crippen LogP contribution < -0.4 is 5.32 Å². The summed E-state index contributed by atoms with van der Waals surface area (Å²) in [6.07, 6.45) is 3.32. The van der Waals surface area contributed by atoms with Crippen LogP contribution in [0.25, 0.3) is 11.1 Å². The third kappa shape index (κ3) is 7.23. The van der Waals surface area contributed by atoms with Gasteiger partial charge in [0.1, 0.15) is 0 Å². The van der Waals surface area contributed by atoms with Gasteiger partial charge >= 0.3 is 0 Å². The highest BCUT2D eigenvalue weighted by Crippen LogP contribution is 2.29. The summed E-state index contributed by atoms with van der Waals surface area (Å²) in [5, 5.41) is 3.07. The highest BCUT2D eigenvalue weighted by atomic mass is 16.2. The summed E-state index contributed by atoms with van der Waals surface area (Å²) in [5.74, 6) is -0.208. The van der Waals surface area contributed by atoms with E-state index in [9.17, 15) is 9.59 Å². The minimum Gasteiger partial charge on any atom is -0.348 e. The number of amides is 2. The zero-order valence-corrected chi connectivity index (χ0v) is 24.0. The summed E-state index contributed by atoms with van der Waals surface area (Å²) in [6.45, 7) is 10.3. The third-order valence-corrected chi connectivity index (χ3v) is 7.04. The molecule has 0 atom stereocenters. The number of nitrogens with one attached hydrogen (secondary N) is 1. The first kappa shape index (κ1) is 28.8. The van der Waals surface area contributed by atoms with Crippen LogP contribution in [-0.4, -0.2) is 34.8 Å². The number of nitrogens with zero attached hydrogens (tertiary/aromatic N) is 2. The van der Waals surface area contributed by atoms with Crippen LogP contribution in [0.5, 0.6) is 0 Å². The largest absolute Gasteiger partial charge is 0.348 e. The molecule has 3 aromatic carbocycles. The van der Waals surface area contributed by atoms with E-state index in [4.69, 9.17) is 0 Å². The molecule has 0 radical (unpaired) electrons. The van der Waals surface area contributed by atoms with Gasteiger partial charge in [-0.2, -0.15) is 0 Å². The van der Waals surface area contributed by atoms with Gasteiger partial charge in [-0.3, -0.25) is 14.6 Å². The molecule has 4 aromatic rings. The first-order valence-electron chi connectivity index (χ1n) is 14.0. The Labute approximate surface area is 238 Å². The molecule has 40 heavy (non-hydrogen) atoms. The zero-order valence-electron chi connectivity index (χ0n) is 24.0. The molecule has 0 aliphatic heterocycles. The summed E-state index contributed by atoms with van der Waals surface area (Å²) < 4.78 is 0. The van der Waals surface area contributed by atoms with Gasteiger partial charge in [-0.1, -0.05) is 94.4 Å². The fourth-order valence-corrected chi connectivity index (χ4v) is 4.77. The lowest BCUT2D eigenvalue weighted by atomic mass is 9.87. The molecule has 0 unspecified atom stereocenters. The predicted molar refractivity (Wildman–Crippen MR) is 162 cm³/mol. The average Bonchev–Trinajstić information content (AvgIpc) is 2.98. The maximum Gasteiger partial charge on any atom is 0.254 e. The van der Waals surface area contributed by atoms with Crippen molar-refractivity contribution >= 4 is 11.8 Å². The van der Waals surface area contributed by atoms with Crippen molar-refractivity contribution in [2.24, 2.45) is 0 Å². The number of carbonyl (C=O) groups excluding carboxylic acids is 2. The highest BCUT2D eigenvalue weighted by molar-refractivity contribution is 6.06. The van der Waals surface area contributed by atoms with Crippen molar-refractivity contribution in [3.63, 3.8) is 0 Å². The normalized spacial score (nSPS) is 11.2. The molecular weight excluding hydrogens is 494 g/mol. The smallest absolute Gasteiger partial charge is 0.254 e. The molecule has 1 heterocycles. The lowest BCUT2D eigenvalue weighted by molar-refractivity contribution is 0.0757. The van der Waals surface area contributed by atoms with Gasteiger partial charge in [0.05, 0.1) is 0 Å². The molecule has 0 saturated carbocycles. The number of aromatic nitrogens is 1. The van der Waals surface area contributed by atoms with Crippen molar-refractivity contribution in [1.82, 2.24) is 15.2 Å². The van der Waals surface area contributed by atoms with E-state index < -0.39 is 0 Å². The van der Waals surface area contributed by atoms with Crippen LogP contribution in [0.3, 0.4) is 0 Å². The topological polar surface area (TPSA) is 62.3 Å². The molecule has 0 spiro atoms. The van der Waals surface area contributed by atoms with Crippen LogP contribution >= 0.6 is 0 Å². The minimum absolute atomic E-state index is 0.0393. The molecule has 0 aliphatic rings. The summed E-state index contributed by atoms with van der Waals surface area (Å²) >= 11 is 0. The standard InChI is InChI=1S/C35H39N3O2/c1-5-23-38(24-21-28-12-10-11-22-36-28)34(40)32-16-9-7-14-30(32)29-13-6-8-15-31(29)33(39)37-25-26-17-19-27(20-18-26)35(2,3)4/h6-20,22H,5,21,23-25H2,1-4H3,(H,37,39). The van der Waals surface area contributed by atoms with Gasteiger partial charge in [-0.25, -0.2) is 0 Å².